The molecule has 8 heteroatoms. The Labute approximate surface area is 178 Å². The third kappa shape index (κ3) is 4.54. The molecule has 0 spiro atoms. The maximum atomic E-state index is 12.7. The van der Waals surface area contributed by atoms with E-state index in [-0.39, 0.29) is 11.9 Å². The second-order valence-electron chi connectivity index (χ2n) is 7.14. The highest BCUT2D eigenvalue weighted by Gasteiger charge is 2.29. The van der Waals surface area contributed by atoms with Gasteiger partial charge in [0.05, 0.1) is 5.92 Å². The van der Waals surface area contributed by atoms with Gasteiger partial charge < -0.3 is 14.7 Å². The van der Waals surface area contributed by atoms with Crippen molar-refractivity contribution >= 4 is 34.9 Å². The molecular formula is C21H20Cl2N4O2. The highest BCUT2D eigenvalue weighted by atomic mass is 35.5. The summed E-state index contributed by atoms with van der Waals surface area (Å²) in [4.78, 5) is 19.0. The van der Waals surface area contributed by atoms with Crippen LogP contribution in [0.1, 0.15) is 30.2 Å². The summed E-state index contributed by atoms with van der Waals surface area (Å²) in [7, 11) is 0. The molecule has 2 amide bonds. The maximum Gasteiger partial charge on any atom is 0.321 e. The summed E-state index contributed by atoms with van der Waals surface area (Å²) in [6.45, 7) is 3.12. The number of carbonyl (C=O) groups is 1. The van der Waals surface area contributed by atoms with Gasteiger partial charge in [-0.3, -0.25) is 0 Å². The number of rotatable bonds is 3. The van der Waals surface area contributed by atoms with E-state index in [9.17, 15) is 4.79 Å². The summed E-state index contributed by atoms with van der Waals surface area (Å²) in [6.07, 6.45) is 1.76. The zero-order valence-electron chi connectivity index (χ0n) is 15.9. The molecule has 0 aliphatic carbocycles. The molecular weight excluding hydrogens is 411 g/mol. The van der Waals surface area contributed by atoms with E-state index < -0.39 is 0 Å². The maximum absolute atomic E-state index is 12.7. The number of urea groups is 1. The summed E-state index contributed by atoms with van der Waals surface area (Å²) in [5, 5.41) is 8.27. The lowest BCUT2D eigenvalue weighted by Gasteiger charge is -2.31. The lowest BCUT2D eigenvalue weighted by atomic mass is 9.98. The van der Waals surface area contributed by atoms with Gasteiger partial charge in [0.15, 0.2) is 0 Å². The van der Waals surface area contributed by atoms with Crippen molar-refractivity contribution in [1.29, 1.82) is 0 Å². The first-order chi connectivity index (χ1) is 14.0. The molecule has 1 atom stereocenters. The van der Waals surface area contributed by atoms with E-state index in [2.05, 4.69) is 15.5 Å². The van der Waals surface area contributed by atoms with Crippen LogP contribution in [-0.4, -0.2) is 34.2 Å². The molecule has 2 aromatic carbocycles. The summed E-state index contributed by atoms with van der Waals surface area (Å²) in [6, 6.07) is 12.6. The van der Waals surface area contributed by atoms with Crippen molar-refractivity contribution < 1.29 is 9.32 Å². The van der Waals surface area contributed by atoms with Crippen molar-refractivity contribution in [1.82, 2.24) is 15.0 Å². The fourth-order valence-electron chi connectivity index (χ4n) is 3.35. The standard InChI is InChI=1S/C21H20Cl2N4O2/c1-13-4-9-17(11-18(13)23)24-21(28)27-10-2-3-15(12-27)20-25-19(26-29-20)14-5-7-16(22)8-6-14/h4-9,11,15H,2-3,10,12H2,1H3,(H,24,28). The molecule has 1 fully saturated rings. The number of halogens is 2. The molecule has 1 aliphatic rings. The van der Waals surface area contributed by atoms with Gasteiger partial charge in [-0.1, -0.05) is 34.4 Å². The van der Waals surface area contributed by atoms with E-state index in [1.165, 1.54) is 0 Å². The van der Waals surface area contributed by atoms with Crippen LogP contribution in [0, 0.1) is 6.92 Å². The minimum absolute atomic E-state index is 0.00431. The van der Waals surface area contributed by atoms with E-state index in [0.717, 1.165) is 24.0 Å². The molecule has 3 aromatic rings. The number of nitrogens with one attached hydrogen (secondary N) is 1. The lowest BCUT2D eigenvalue weighted by molar-refractivity contribution is 0.184. The molecule has 0 radical (unpaired) electrons. The Morgan fingerprint density at radius 1 is 1.21 bits per heavy atom. The number of hydrogen-bond acceptors (Lipinski definition) is 4. The minimum Gasteiger partial charge on any atom is -0.339 e. The molecule has 0 saturated carbocycles. The van der Waals surface area contributed by atoms with Gasteiger partial charge in [-0.15, -0.1) is 0 Å². The Bertz CT molecular complexity index is 1020. The summed E-state index contributed by atoms with van der Waals surface area (Å²) in [5.41, 5.74) is 2.48. The number of carbonyl (C=O) groups excluding carboxylic acids is 1. The average Bonchev–Trinajstić information content (AvgIpc) is 3.22. The fraction of sp³-hybridized carbons (Fsp3) is 0.286. The normalized spacial score (nSPS) is 16.7. The molecule has 1 aliphatic heterocycles. The van der Waals surface area contributed by atoms with Crippen LogP contribution in [0.2, 0.25) is 10.0 Å². The van der Waals surface area contributed by atoms with Gasteiger partial charge in [0.2, 0.25) is 11.7 Å². The van der Waals surface area contributed by atoms with Crippen LogP contribution < -0.4 is 5.32 Å². The largest absolute Gasteiger partial charge is 0.339 e. The van der Waals surface area contributed by atoms with Gasteiger partial charge in [-0.05, 0) is 61.7 Å². The first-order valence-electron chi connectivity index (χ1n) is 9.41. The quantitative estimate of drug-likeness (QED) is 0.572. The number of aryl methyl sites for hydroxylation is 1. The molecule has 6 nitrogen and oxygen atoms in total. The SMILES string of the molecule is Cc1ccc(NC(=O)N2CCCC(c3nc(-c4ccc(Cl)cc4)no3)C2)cc1Cl. The highest BCUT2D eigenvalue weighted by molar-refractivity contribution is 6.31. The van der Waals surface area contributed by atoms with Crippen LogP contribution in [0.4, 0.5) is 10.5 Å². The molecule has 1 saturated heterocycles. The van der Waals surface area contributed by atoms with Crippen LogP contribution in [0.3, 0.4) is 0 Å². The van der Waals surface area contributed by atoms with Crippen LogP contribution in [0.25, 0.3) is 11.4 Å². The number of amides is 2. The number of anilines is 1. The van der Waals surface area contributed by atoms with Gasteiger partial charge in [0.1, 0.15) is 0 Å². The van der Waals surface area contributed by atoms with Gasteiger partial charge in [-0.2, -0.15) is 4.98 Å². The number of piperidine rings is 1. The van der Waals surface area contributed by atoms with E-state index >= 15 is 0 Å². The van der Waals surface area contributed by atoms with Crippen LogP contribution in [0.5, 0.6) is 0 Å². The second-order valence-corrected chi connectivity index (χ2v) is 7.99. The highest BCUT2D eigenvalue weighted by Crippen LogP contribution is 2.28. The van der Waals surface area contributed by atoms with Gasteiger partial charge in [-0.25, -0.2) is 4.79 Å². The second kappa shape index (κ2) is 8.43. The van der Waals surface area contributed by atoms with Crippen molar-refractivity contribution in [3.63, 3.8) is 0 Å². The Morgan fingerprint density at radius 3 is 2.76 bits per heavy atom. The minimum atomic E-state index is -0.160. The number of likely N-dealkylation sites (tertiary alicyclic amines) is 1. The molecule has 29 heavy (non-hydrogen) atoms. The Hall–Kier alpha value is -2.57. The molecule has 150 valence electrons. The molecule has 1 N–H and O–H groups in total. The zero-order valence-corrected chi connectivity index (χ0v) is 17.4. The molecule has 2 heterocycles. The zero-order chi connectivity index (χ0) is 20.4. The van der Waals surface area contributed by atoms with E-state index in [1.807, 2.05) is 31.2 Å². The van der Waals surface area contributed by atoms with Crippen molar-refractivity contribution in [2.45, 2.75) is 25.7 Å². The van der Waals surface area contributed by atoms with Gasteiger partial charge >= 0.3 is 6.03 Å². The fourth-order valence-corrected chi connectivity index (χ4v) is 3.66. The lowest BCUT2D eigenvalue weighted by Crippen LogP contribution is -2.41. The Morgan fingerprint density at radius 2 is 2.00 bits per heavy atom. The van der Waals surface area contributed by atoms with Crippen LogP contribution in [-0.2, 0) is 0 Å². The predicted octanol–water partition coefficient (Wildman–Crippen LogP) is 5.76. The van der Waals surface area contributed by atoms with Crippen molar-refractivity contribution in [2.75, 3.05) is 18.4 Å². The first-order valence-corrected chi connectivity index (χ1v) is 10.2. The summed E-state index contributed by atoms with van der Waals surface area (Å²) < 4.78 is 5.49. The van der Waals surface area contributed by atoms with Gasteiger partial charge in [0.25, 0.3) is 0 Å². The first kappa shape index (κ1) is 19.7. The number of nitrogens with zero attached hydrogens (tertiary/aromatic N) is 3. The smallest absolute Gasteiger partial charge is 0.321 e. The van der Waals surface area contributed by atoms with Crippen LogP contribution >= 0.6 is 23.2 Å². The van der Waals surface area contributed by atoms with E-state index in [4.69, 9.17) is 27.7 Å². The average molecular weight is 431 g/mol. The predicted molar refractivity (Wildman–Crippen MR) is 113 cm³/mol. The van der Waals surface area contributed by atoms with Crippen molar-refractivity contribution in [3.8, 4) is 11.4 Å². The molecule has 1 unspecified atom stereocenters. The van der Waals surface area contributed by atoms with Crippen molar-refractivity contribution in [3.05, 3.63) is 64.0 Å². The monoisotopic (exact) mass is 430 g/mol. The summed E-state index contributed by atoms with van der Waals surface area (Å²) >= 11 is 12.1. The van der Waals surface area contributed by atoms with Crippen molar-refractivity contribution in [2.24, 2.45) is 0 Å². The third-order valence-corrected chi connectivity index (χ3v) is 5.68. The number of aromatic nitrogens is 2. The third-order valence-electron chi connectivity index (χ3n) is 5.03. The number of hydrogen-bond donors (Lipinski definition) is 1. The molecule has 4 rings (SSSR count). The van der Waals surface area contributed by atoms with E-state index in [1.54, 1.807) is 23.1 Å². The Kier molecular flexibility index (Phi) is 5.74. The molecule has 1 aromatic heterocycles. The Balaban J connectivity index is 1.43. The van der Waals surface area contributed by atoms with Crippen LogP contribution in [0.15, 0.2) is 47.0 Å². The summed E-state index contributed by atoms with van der Waals surface area (Å²) in [5.74, 6) is 1.07. The van der Waals surface area contributed by atoms with E-state index in [0.29, 0.717) is 40.5 Å². The van der Waals surface area contributed by atoms with Gasteiger partial charge in [0, 0.05) is 34.4 Å². The number of benzene rings is 2. The molecule has 0 bridgehead atoms. The topological polar surface area (TPSA) is 71.3 Å².